The predicted molar refractivity (Wildman–Crippen MR) is 78.7 cm³/mol. The number of hydrogen-bond acceptors (Lipinski definition) is 3. The van der Waals surface area contributed by atoms with Crippen molar-refractivity contribution in [3.05, 3.63) is 29.8 Å². The molecule has 0 aliphatic heterocycles. The molecule has 3 heteroatoms. The second-order valence-corrected chi connectivity index (χ2v) is 5.93. The summed E-state index contributed by atoms with van der Waals surface area (Å²) in [6, 6.07) is 6.57. The first kappa shape index (κ1) is 14.9. The van der Waals surface area contributed by atoms with Crippen LogP contribution in [0.3, 0.4) is 0 Å². The van der Waals surface area contributed by atoms with Crippen LogP contribution in [0, 0.1) is 11.8 Å². The zero-order chi connectivity index (χ0) is 14.5. The van der Waals surface area contributed by atoms with E-state index in [-0.39, 0.29) is 17.4 Å². The Labute approximate surface area is 121 Å². The molecule has 1 aromatic carbocycles. The predicted octanol–water partition coefficient (Wildman–Crippen LogP) is 4.15. The molecule has 0 aromatic heterocycles. The molecule has 20 heavy (non-hydrogen) atoms. The Balaban J connectivity index is 2.06. The van der Waals surface area contributed by atoms with Crippen molar-refractivity contribution in [1.29, 1.82) is 0 Å². The summed E-state index contributed by atoms with van der Waals surface area (Å²) < 4.78 is 5.69. The quantitative estimate of drug-likeness (QED) is 0.840. The molecule has 1 aliphatic rings. The lowest BCUT2D eigenvalue weighted by Gasteiger charge is -2.34. The highest BCUT2D eigenvalue weighted by Gasteiger charge is 2.31. The van der Waals surface area contributed by atoms with Crippen LogP contribution in [0.1, 0.15) is 56.3 Å². The molecule has 1 saturated carbocycles. The van der Waals surface area contributed by atoms with E-state index in [2.05, 4.69) is 13.8 Å². The van der Waals surface area contributed by atoms with E-state index in [1.54, 1.807) is 18.2 Å². The van der Waals surface area contributed by atoms with Crippen LogP contribution in [0.4, 0.5) is 0 Å². The van der Waals surface area contributed by atoms with Crippen molar-refractivity contribution >= 4 is 5.97 Å². The number of phenolic OH excluding ortho intramolecular Hbond substituents is 1. The number of carbonyl (C=O) groups excluding carboxylic acids is 1. The fourth-order valence-corrected chi connectivity index (χ4v) is 3.08. The molecule has 2 rings (SSSR count). The molecule has 0 spiro atoms. The summed E-state index contributed by atoms with van der Waals surface area (Å²) in [6.07, 6.45) is 5.49. The summed E-state index contributed by atoms with van der Waals surface area (Å²) in [7, 11) is 0. The lowest BCUT2D eigenvalue weighted by atomic mass is 9.78. The topological polar surface area (TPSA) is 46.5 Å². The Kier molecular flexibility index (Phi) is 5.05. The van der Waals surface area contributed by atoms with Gasteiger partial charge in [0.15, 0.2) is 0 Å². The standard InChI is InChI=1S/C17H24O3/c1-3-6-13-10-9-12(2)11-16(13)20-17(19)14-7-4-5-8-15(14)18/h4-5,7-8,12-13,16,18H,3,6,9-11H2,1-2H3. The van der Waals surface area contributed by atoms with Gasteiger partial charge in [0.2, 0.25) is 0 Å². The average molecular weight is 276 g/mol. The van der Waals surface area contributed by atoms with Crippen LogP contribution >= 0.6 is 0 Å². The molecular weight excluding hydrogens is 252 g/mol. The third-order valence-electron chi connectivity index (χ3n) is 4.23. The summed E-state index contributed by atoms with van der Waals surface area (Å²) in [5, 5.41) is 9.73. The second-order valence-electron chi connectivity index (χ2n) is 5.93. The molecule has 0 amide bonds. The van der Waals surface area contributed by atoms with Crippen molar-refractivity contribution in [3.8, 4) is 5.75 Å². The third kappa shape index (κ3) is 3.53. The second kappa shape index (κ2) is 6.78. The number of benzene rings is 1. The van der Waals surface area contributed by atoms with E-state index in [1.807, 2.05) is 0 Å². The van der Waals surface area contributed by atoms with Crippen LogP contribution in [-0.4, -0.2) is 17.2 Å². The van der Waals surface area contributed by atoms with Crippen LogP contribution < -0.4 is 0 Å². The summed E-state index contributed by atoms with van der Waals surface area (Å²) in [4.78, 5) is 12.2. The lowest BCUT2D eigenvalue weighted by molar-refractivity contribution is -0.00901. The van der Waals surface area contributed by atoms with Gasteiger partial charge in [-0.3, -0.25) is 0 Å². The van der Waals surface area contributed by atoms with E-state index in [0.29, 0.717) is 11.8 Å². The number of rotatable bonds is 4. The summed E-state index contributed by atoms with van der Waals surface area (Å²) in [5.41, 5.74) is 0.265. The third-order valence-corrected chi connectivity index (χ3v) is 4.23. The Bertz CT molecular complexity index is 455. The molecule has 0 radical (unpaired) electrons. The minimum Gasteiger partial charge on any atom is -0.507 e. The summed E-state index contributed by atoms with van der Waals surface area (Å²) >= 11 is 0. The molecule has 3 nitrogen and oxygen atoms in total. The molecule has 1 fully saturated rings. The molecule has 1 aromatic rings. The van der Waals surface area contributed by atoms with Crippen LogP contribution in [0.2, 0.25) is 0 Å². The fourth-order valence-electron chi connectivity index (χ4n) is 3.08. The molecular formula is C17H24O3. The van der Waals surface area contributed by atoms with Gasteiger partial charge in [0.05, 0.1) is 0 Å². The molecule has 3 atom stereocenters. The van der Waals surface area contributed by atoms with Crippen molar-refractivity contribution in [2.45, 2.75) is 52.1 Å². The van der Waals surface area contributed by atoms with E-state index >= 15 is 0 Å². The number of carbonyl (C=O) groups is 1. The number of hydrogen-bond donors (Lipinski definition) is 1. The van der Waals surface area contributed by atoms with Crippen molar-refractivity contribution in [2.75, 3.05) is 0 Å². The highest BCUT2D eigenvalue weighted by Crippen LogP contribution is 2.34. The van der Waals surface area contributed by atoms with E-state index < -0.39 is 5.97 Å². The van der Waals surface area contributed by atoms with E-state index in [1.165, 1.54) is 12.5 Å². The Morgan fingerprint density at radius 1 is 1.35 bits per heavy atom. The molecule has 110 valence electrons. The largest absolute Gasteiger partial charge is 0.507 e. The maximum absolute atomic E-state index is 12.2. The van der Waals surface area contributed by atoms with Crippen LogP contribution in [0.5, 0.6) is 5.75 Å². The van der Waals surface area contributed by atoms with Crippen LogP contribution in [0.25, 0.3) is 0 Å². The normalized spacial score (nSPS) is 26.2. The summed E-state index contributed by atoms with van der Waals surface area (Å²) in [5.74, 6) is 0.660. The van der Waals surface area contributed by atoms with Gasteiger partial charge in [-0.05, 0) is 43.2 Å². The van der Waals surface area contributed by atoms with Gasteiger partial charge < -0.3 is 9.84 Å². The average Bonchev–Trinajstić information content (AvgIpc) is 2.42. The van der Waals surface area contributed by atoms with E-state index in [4.69, 9.17) is 4.74 Å². The molecule has 0 bridgehead atoms. The van der Waals surface area contributed by atoms with Gasteiger partial charge in [0.1, 0.15) is 17.4 Å². The highest BCUT2D eigenvalue weighted by molar-refractivity contribution is 5.92. The van der Waals surface area contributed by atoms with Crippen LogP contribution in [0.15, 0.2) is 24.3 Å². The molecule has 1 aliphatic carbocycles. The van der Waals surface area contributed by atoms with Crippen molar-refractivity contribution in [3.63, 3.8) is 0 Å². The van der Waals surface area contributed by atoms with Crippen molar-refractivity contribution < 1.29 is 14.6 Å². The maximum Gasteiger partial charge on any atom is 0.342 e. The SMILES string of the molecule is CCCC1CCC(C)CC1OC(=O)c1ccccc1O. The first-order valence-corrected chi connectivity index (χ1v) is 7.60. The highest BCUT2D eigenvalue weighted by atomic mass is 16.5. The lowest BCUT2D eigenvalue weighted by Crippen LogP contribution is -2.33. The van der Waals surface area contributed by atoms with Gasteiger partial charge in [-0.25, -0.2) is 4.79 Å². The Hall–Kier alpha value is -1.51. The van der Waals surface area contributed by atoms with E-state index in [0.717, 1.165) is 25.7 Å². The van der Waals surface area contributed by atoms with Crippen LogP contribution in [-0.2, 0) is 4.74 Å². The number of phenols is 1. The smallest absolute Gasteiger partial charge is 0.342 e. The van der Waals surface area contributed by atoms with Gasteiger partial charge in [-0.15, -0.1) is 0 Å². The minimum atomic E-state index is -0.400. The van der Waals surface area contributed by atoms with Gasteiger partial charge in [0.25, 0.3) is 0 Å². The van der Waals surface area contributed by atoms with E-state index in [9.17, 15) is 9.90 Å². The first-order valence-electron chi connectivity index (χ1n) is 7.60. The Morgan fingerprint density at radius 3 is 2.80 bits per heavy atom. The monoisotopic (exact) mass is 276 g/mol. The molecule has 1 N–H and O–H groups in total. The Morgan fingerprint density at radius 2 is 2.10 bits per heavy atom. The number of ether oxygens (including phenoxy) is 1. The zero-order valence-electron chi connectivity index (χ0n) is 12.3. The minimum absolute atomic E-state index is 0.00611. The molecule has 0 saturated heterocycles. The van der Waals surface area contributed by atoms with Gasteiger partial charge in [-0.2, -0.15) is 0 Å². The van der Waals surface area contributed by atoms with Gasteiger partial charge in [0, 0.05) is 0 Å². The first-order chi connectivity index (χ1) is 9.61. The number of aromatic hydroxyl groups is 1. The fraction of sp³-hybridized carbons (Fsp3) is 0.588. The number of para-hydroxylation sites is 1. The van der Waals surface area contributed by atoms with Gasteiger partial charge in [-0.1, -0.05) is 38.8 Å². The zero-order valence-corrected chi connectivity index (χ0v) is 12.3. The molecule has 3 unspecified atom stereocenters. The summed E-state index contributed by atoms with van der Waals surface area (Å²) in [6.45, 7) is 4.38. The van der Waals surface area contributed by atoms with Crippen molar-refractivity contribution in [2.24, 2.45) is 11.8 Å². The van der Waals surface area contributed by atoms with Crippen molar-refractivity contribution in [1.82, 2.24) is 0 Å². The number of esters is 1. The molecule has 0 heterocycles. The maximum atomic E-state index is 12.2. The van der Waals surface area contributed by atoms with Gasteiger partial charge >= 0.3 is 5.97 Å².